The lowest BCUT2D eigenvalue weighted by Gasteiger charge is -2.20. The number of hydrogen-bond donors (Lipinski definition) is 1. The molecule has 2 heterocycles. The van der Waals surface area contributed by atoms with Gasteiger partial charge in [0.15, 0.2) is 5.82 Å². The summed E-state index contributed by atoms with van der Waals surface area (Å²) in [5.41, 5.74) is 3.29. The first-order valence-corrected chi connectivity index (χ1v) is 12.0. The maximum absolute atomic E-state index is 13.8. The minimum Gasteiger partial charge on any atom is -0.324 e. The fourth-order valence-corrected chi connectivity index (χ4v) is 4.92. The van der Waals surface area contributed by atoms with E-state index in [4.69, 9.17) is 4.99 Å². The van der Waals surface area contributed by atoms with E-state index in [1.165, 1.54) is 12.1 Å². The molecule has 0 spiro atoms. The second-order valence-electron chi connectivity index (χ2n) is 8.89. The van der Waals surface area contributed by atoms with Crippen LogP contribution < -0.4 is 5.32 Å². The summed E-state index contributed by atoms with van der Waals surface area (Å²) in [5, 5.41) is 3.42. The van der Waals surface area contributed by atoms with E-state index in [0.29, 0.717) is 5.82 Å². The van der Waals surface area contributed by atoms with Gasteiger partial charge in [0, 0.05) is 22.4 Å². The zero-order valence-electron chi connectivity index (χ0n) is 19.1. The molecule has 176 valence electrons. The summed E-state index contributed by atoms with van der Waals surface area (Å²) in [6, 6.07) is 13.7. The van der Waals surface area contributed by atoms with Crippen molar-refractivity contribution in [2.24, 2.45) is 4.99 Å². The summed E-state index contributed by atoms with van der Waals surface area (Å²) in [5.74, 6) is 1.40. The van der Waals surface area contributed by atoms with Crippen LogP contribution in [0.4, 0.5) is 19.0 Å². The Morgan fingerprint density at radius 2 is 1.59 bits per heavy atom. The molecule has 2 aliphatic rings. The van der Waals surface area contributed by atoms with Gasteiger partial charge >= 0.3 is 6.18 Å². The summed E-state index contributed by atoms with van der Waals surface area (Å²) in [6.07, 6.45) is 2.10. The first kappa shape index (κ1) is 22.6. The molecule has 1 aliphatic carbocycles. The lowest BCUT2D eigenvalue weighted by Crippen LogP contribution is -2.18. The summed E-state index contributed by atoms with van der Waals surface area (Å²) in [4.78, 5) is 14.3. The lowest BCUT2D eigenvalue weighted by molar-refractivity contribution is -0.137. The van der Waals surface area contributed by atoms with Gasteiger partial charge < -0.3 is 5.32 Å². The number of hydrogen-bond acceptors (Lipinski definition) is 4. The van der Waals surface area contributed by atoms with E-state index in [9.17, 15) is 13.2 Å². The fraction of sp³-hybridized carbons (Fsp3) is 0.370. The molecule has 1 aromatic heterocycles. The van der Waals surface area contributed by atoms with Crippen LogP contribution in [-0.2, 0) is 19.0 Å². The predicted molar refractivity (Wildman–Crippen MR) is 128 cm³/mol. The number of alkyl halides is 3. The molecule has 4 nitrogen and oxygen atoms in total. The molecule has 0 fully saturated rings. The van der Waals surface area contributed by atoms with Crippen LogP contribution in [0.5, 0.6) is 0 Å². The number of aryl methyl sites for hydroxylation is 1. The number of fused-ring (bicyclic) bond motifs is 2. The number of aliphatic imine (C=N–C) groups is 1. The Kier molecular flexibility index (Phi) is 6.11. The maximum Gasteiger partial charge on any atom is 0.417 e. The molecule has 1 N–H and O–H groups in total. The van der Waals surface area contributed by atoms with Crippen molar-refractivity contribution in [3.05, 3.63) is 76.5 Å². The second kappa shape index (κ2) is 9.20. The zero-order valence-corrected chi connectivity index (χ0v) is 19.1. The Hall–Kier alpha value is -3.22. The van der Waals surface area contributed by atoms with E-state index in [1.54, 1.807) is 6.07 Å². The average molecular weight is 465 g/mol. The molecule has 0 radical (unpaired) electrons. The molecule has 1 unspecified atom stereocenters. The Labute approximate surface area is 197 Å². The third kappa shape index (κ3) is 4.31. The average Bonchev–Trinajstić information content (AvgIpc) is 3.17. The molecule has 2 aromatic carbocycles. The molecular formula is C27H27F3N4. The monoisotopic (exact) mass is 464 g/mol. The van der Waals surface area contributed by atoms with Gasteiger partial charge in [-0.2, -0.15) is 13.2 Å². The Morgan fingerprint density at radius 3 is 2.35 bits per heavy atom. The number of halogens is 3. The zero-order chi connectivity index (χ0) is 23.7. The van der Waals surface area contributed by atoms with Crippen LogP contribution in [0.15, 0.2) is 53.5 Å². The van der Waals surface area contributed by atoms with E-state index in [0.717, 1.165) is 79.2 Å². The summed E-state index contributed by atoms with van der Waals surface area (Å²) < 4.78 is 41.3. The van der Waals surface area contributed by atoms with Crippen molar-refractivity contribution in [2.45, 2.75) is 64.1 Å². The molecule has 0 saturated heterocycles. The second-order valence-corrected chi connectivity index (χ2v) is 8.89. The number of rotatable bonds is 3. The Bertz CT molecular complexity index is 1230. The minimum atomic E-state index is -4.49. The van der Waals surface area contributed by atoms with Crippen molar-refractivity contribution in [1.82, 2.24) is 9.97 Å². The first-order chi connectivity index (χ1) is 16.5. The molecule has 3 aromatic rings. The van der Waals surface area contributed by atoms with Gasteiger partial charge in [0.25, 0.3) is 0 Å². The Morgan fingerprint density at radius 1 is 0.882 bits per heavy atom. The van der Waals surface area contributed by atoms with Gasteiger partial charge in [-0.15, -0.1) is 0 Å². The lowest BCUT2D eigenvalue weighted by atomic mass is 9.96. The first-order valence-electron chi connectivity index (χ1n) is 12.0. The highest BCUT2D eigenvalue weighted by atomic mass is 19.4. The quantitative estimate of drug-likeness (QED) is 0.448. The van der Waals surface area contributed by atoms with Crippen molar-refractivity contribution in [3.8, 4) is 11.4 Å². The predicted octanol–water partition coefficient (Wildman–Crippen LogP) is 7.14. The summed E-state index contributed by atoms with van der Waals surface area (Å²) in [7, 11) is 0. The van der Waals surface area contributed by atoms with Crippen LogP contribution in [0.25, 0.3) is 11.4 Å². The van der Waals surface area contributed by atoms with Crippen LogP contribution in [0, 0.1) is 0 Å². The number of nitrogens with one attached hydrogen (secondary N) is 1. The van der Waals surface area contributed by atoms with Crippen molar-refractivity contribution in [2.75, 3.05) is 5.32 Å². The van der Waals surface area contributed by atoms with Gasteiger partial charge in [-0.1, -0.05) is 62.2 Å². The topological polar surface area (TPSA) is 50.2 Å². The molecule has 7 heteroatoms. The van der Waals surface area contributed by atoms with E-state index < -0.39 is 11.7 Å². The molecular weight excluding hydrogens is 437 g/mol. The minimum absolute atomic E-state index is 0.00288. The van der Waals surface area contributed by atoms with Crippen molar-refractivity contribution >= 4 is 11.7 Å². The third-order valence-corrected chi connectivity index (χ3v) is 6.64. The normalized spacial score (nSPS) is 17.9. The van der Waals surface area contributed by atoms with Crippen LogP contribution in [0.1, 0.15) is 73.0 Å². The standard InChI is InChI=1S/C27H27F3N4/c1-2-22-17-11-7-8-12-18(17)24(31-22)33-26-20-14-5-3-4-6-16-23(20)32-25(34-26)19-13-9-10-15-21(19)27(28,29)30/h7-13,15,22H,2-6,14,16H2,1H3,(H,31,32,33,34). The maximum atomic E-state index is 13.8. The molecule has 34 heavy (non-hydrogen) atoms. The van der Waals surface area contributed by atoms with Gasteiger partial charge in [-0.3, -0.25) is 4.99 Å². The number of anilines is 1. The van der Waals surface area contributed by atoms with Gasteiger partial charge in [-0.25, -0.2) is 9.97 Å². The van der Waals surface area contributed by atoms with Crippen molar-refractivity contribution in [1.29, 1.82) is 0 Å². The molecule has 1 atom stereocenters. The highest BCUT2D eigenvalue weighted by molar-refractivity contribution is 6.11. The van der Waals surface area contributed by atoms with E-state index in [1.807, 2.05) is 18.2 Å². The fourth-order valence-electron chi connectivity index (χ4n) is 4.92. The number of aromatic nitrogens is 2. The van der Waals surface area contributed by atoms with E-state index in [-0.39, 0.29) is 17.4 Å². The van der Waals surface area contributed by atoms with Crippen molar-refractivity contribution < 1.29 is 13.2 Å². The molecule has 5 rings (SSSR count). The highest BCUT2D eigenvalue weighted by Crippen LogP contribution is 2.38. The smallest absolute Gasteiger partial charge is 0.324 e. The SMILES string of the molecule is CCC1N=C(Nc2nc(-c3ccccc3C(F)(F)F)nc3c2CCCCCC3)c2ccccc21. The summed E-state index contributed by atoms with van der Waals surface area (Å²) in [6.45, 7) is 2.10. The molecule has 0 bridgehead atoms. The van der Waals surface area contributed by atoms with E-state index >= 15 is 0 Å². The van der Waals surface area contributed by atoms with Gasteiger partial charge in [0.05, 0.1) is 11.6 Å². The van der Waals surface area contributed by atoms with Gasteiger partial charge in [0.2, 0.25) is 0 Å². The number of benzene rings is 2. The van der Waals surface area contributed by atoms with Crippen LogP contribution in [-0.4, -0.2) is 15.8 Å². The Balaban J connectivity index is 1.64. The molecule has 1 aliphatic heterocycles. The molecule has 0 saturated carbocycles. The molecule has 0 amide bonds. The van der Waals surface area contributed by atoms with Gasteiger partial charge in [-0.05, 0) is 43.7 Å². The van der Waals surface area contributed by atoms with Gasteiger partial charge in [0.1, 0.15) is 11.7 Å². The van der Waals surface area contributed by atoms with Crippen LogP contribution >= 0.6 is 0 Å². The van der Waals surface area contributed by atoms with Crippen LogP contribution in [0.2, 0.25) is 0 Å². The third-order valence-electron chi connectivity index (χ3n) is 6.64. The van der Waals surface area contributed by atoms with Crippen molar-refractivity contribution in [3.63, 3.8) is 0 Å². The van der Waals surface area contributed by atoms with E-state index in [2.05, 4.69) is 28.3 Å². The number of amidine groups is 1. The largest absolute Gasteiger partial charge is 0.417 e. The highest BCUT2D eigenvalue weighted by Gasteiger charge is 2.34. The van der Waals surface area contributed by atoms with Crippen LogP contribution in [0.3, 0.4) is 0 Å². The number of nitrogens with zero attached hydrogens (tertiary/aromatic N) is 3. The summed E-state index contributed by atoms with van der Waals surface area (Å²) >= 11 is 0.